The van der Waals surface area contributed by atoms with Crippen LogP contribution in [0, 0.1) is 0 Å². The molecule has 1 aliphatic rings. The highest BCUT2D eigenvalue weighted by Gasteiger charge is 2.27. The highest BCUT2D eigenvalue weighted by molar-refractivity contribution is 5.95. The van der Waals surface area contributed by atoms with Crippen LogP contribution < -0.4 is 10.5 Å². The van der Waals surface area contributed by atoms with Crippen LogP contribution in [0.3, 0.4) is 0 Å². The number of carbonyl (C=O) groups excluding carboxylic acids is 2. The summed E-state index contributed by atoms with van der Waals surface area (Å²) in [6.07, 6.45) is 0.193. The Kier molecular flexibility index (Phi) is 4.25. The molecule has 0 bridgehead atoms. The Labute approximate surface area is 129 Å². The van der Waals surface area contributed by atoms with Gasteiger partial charge in [0.15, 0.2) is 0 Å². The number of methoxy groups -OCH3 is 1. The van der Waals surface area contributed by atoms with Crippen LogP contribution in [-0.2, 0) is 17.7 Å². The van der Waals surface area contributed by atoms with Gasteiger partial charge in [0.2, 0.25) is 5.88 Å². The highest BCUT2D eigenvalue weighted by atomic mass is 16.6. The van der Waals surface area contributed by atoms with E-state index in [1.807, 2.05) is 20.8 Å². The van der Waals surface area contributed by atoms with Crippen LogP contribution in [0.5, 0.6) is 5.88 Å². The lowest BCUT2D eigenvalue weighted by Crippen LogP contribution is -2.40. The molecule has 2 N–H and O–H groups in total. The monoisotopic (exact) mass is 307 g/mol. The first-order valence-corrected chi connectivity index (χ1v) is 7.06. The molecule has 0 aromatic carbocycles. The van der Waals surface area contributed by atoms with Gasteiger partial charge in [-0.25, -0.2) is 9.78 Å². The molecule has 0 saturated carbocycles. The number of nitrogens with two attached hydrogens (primary N) is 1. The number of amides is 2. The summed E-state index contributed by atoms with van der Waals surface area (Å²) < 4.78 is 10.5. The van der Waals surface area contributed by atoms with Crippen LogP contribution in [0.1, 0.15) is 42.4 Å². The lowest BCUT2D eigenvalue weighted by Gasteiger charge is -2.31. The van der Waals surface area contributed by atoms with Crippen molar-refractivity contribution in [2.45, 2.75) is 39.3 Å². The quantitative estimate of drug-likeness (QED) is 0.893. The maximum Gasteiger partial charge on any atom is 0.410 e. The van der Waals surface area contributed by atoms with Gasteiger partial charge in [0.05, 0.1) is 19.3 Å². The van der Waals surface area contributed by atoms with Crippen molar-refractivity contribution in [1.82, 2.24) is 9.88 Å². The van der Waals surface area contributed by atoms with Crippen LogP contribution in [0.4, 0.5) is 4.79 Å². The molecule has 7 heteroatoms. The third-order valence-corrected chi connectivity index (χ3v) is 3.25. The van der Waals surface area contributed by atoms with Crippen LogP contribution >= 0.6 is 0 Å². The van der Waals surface area contributed by atoms with E-state index in [1.54, 1.807) is 11.0 Å². The second-order valence-corrected chi connectivity index (χ2v) is 6.17. The van der Waals surface area contributed by atoms with E-state index in [4.69, 9.17) is 15.2 Å². The van der Waals surface area contributed by atoms with Crippen LogP contribution in [0.15, 0.2) is 6.07 Å². The van der Waals surface area contributed by atoms with Crippen molar-refractivity contribution in [3.05, 3.63) is 22.9 Å². The van der Waals surface area contributed by atoms with E-state index < -0.39 is 11.5 Å². The molecule has 1 aliphatic heterocycles. The predicted octanol–water partition coefficient (Wildman–Crippen LogP) is 1.48. The number of primary amides is 1. The number of hydrogen-bond acceptors (Lipinski definition) is 5. The van der Waals surface area contributed by atoms with E-state index >= 15 is 0 Å². The van der Waals surface area contributed by atoms with Gasteiger partial charge in [0, 0.05) is 13.0 Å². The van der Waals surface area contributed by atoms with E-state index in [0.29, 0.717) is 19.5 Å². The van der Waals surface area contributed by atoms with E-state index in [1.165, 1.54) is 7.11 Å². The van der Waals surface area contributed by atoms with Crippen LogP contribution in [-0.4, -0.2) is 41.1 Å². The molecular formula is C15H21N3O4. The molecule has 120 valence electrons. The van der Waals surface area contributed by atoms with Crippen LogP contribution in [0.2, 0.25) is 0 Å². The third kappa shape index (κ3) is 3.47. The molecule has 0 atom stereocenters. The van der Waals surface area contributed by atoms with Crippen molar-refractivity contribution in [2.75, 3.05) is 13.7 Å². The maximum absolute atomic E-state index is 12.1. The smallest absolute Gasteiger partial charge is 0.410 e. The standard InChI is InChI=1S/C15H21N3O4/c1-15(2,3)22-14(20)18-6-5-11-9(8-18)7-10(12(16)19)13(17-11)21-4/h7H,5-6,8H2,1-4H3,(H2,16,19). The summed E-state index contributed by atoms with van der Waals surface area (Å²) in [6.45, 7) is 6.30. The second kappa shape index (κ2) is 5.82. The number of pyridine rings is 1. The average molecular weight is 307 g/mol. The lowest BCUT2D eigenvalue weighted by atomic mass is 10.0. The number of aromatic nitrogens is 1. The van der Waals surface area contributed by atoms with Crippen molar-refractivity contribution in [3.8, 4) is 5.88 Å². The Morgan fingerprint density at radius 2 is 2.05 bits per heavy atom. The molecular weight excluding hydrogens is 286 g/mol. The van der Waals surface area contributed by atoms with Gasteiger partial charge in [-0.3, -0.25) is 4.79 Å². The van der Waals surface area contributed by atoms with Gasteiger partial charge in [-0.05, 0) is 32.4 Å². The number of ether oxygens (including phenoxy) is 2. The zero-order chi connectivity index (χ0) is 16.5. The number of hydrogen-bond donors (Lipinski definition) is 1. The Balaban J connectivity index is 2.25. The van der Waals surface area contributed by atoms with Crippen molar-refractivity contribution in [1.29, 1.82) is 0 Å². The minimum Gasteiger partial charge on any atom is -0.480 e. The molecule has 2 heterocycles. The van der Waals surface area contributed by atoms with Gasteiger partial charge in [-0.2, -0.15) is 0 Å². The molecule has 0 saturated heterocycles. The van der Waals surface area contributed by atoms with E-state index in [0.717, 1.165) is 11.3 Å². The maximum atomic E-state index is 12.1. The minimum absolute atomic E-state index is 0.215. The second-order valence-electron chi connectivity index (χ2n) is 6.17. The summed E-state index contributed by atoms with van der Waals surface area (Å²) in [5.41, 5.74) is 6.60. The van der Waals surface area contributed by atoms with Gasteiger partial charge >= 0.3 is 6.09 Å². The average Bonchev–Trinajstić information content (AvgIpc) is 2.43. The van der Waals surface area contributed by atoms with E-state index in [9.17, 15) is 9.59 Å². The summed E-state index contributed by atoms with van der Waals surface area (Å²) in [5, 5.41) is 0. The number of fused-ring (bicyclic) bond motifs is 1. The van der Waals surface area contributed by atoms with Crippen molar-refractivity contribution in [2.24, 2.45) is 5.73 Å². The first kappa shape index (κ1) is 16.1. The van der Waals surface area contributed by atoms with Crippen molar-refractivity contribution >= 4 is 12.0 Å². The Bertz CT molecular complexity index is 608. The molecule has 1 aromatic rings. The summed E-state index contributed by atoms with van der Waals surface area (Å²) in [4.78, 5) is 29.5. The fourth-order valence-corrected chi connectivity index (χ4v) is 2.27. The van der Waals surface area contributed by atoms with Gasteiger partial charge in [-0.1, -0.05) is 0 Å². The Morgan fingerprint density at radius 3 is 2.59 bits per heavy atom. The SMILES string of the molecule is COc1nc2c(cc1C(N)=O)CN(C(=O)OC(C)(C)C)CC2. The number of rotatable bonds is 2. The Morgan fingerprint density at radius 1 is 1.36 bits per heavy atom. The van der Waals surface area contributed by atoms with Gasteiger partial charge in [0.1, 0.15) is 11.2 Å². The molecule has 2 amide bonds. The summed E-state index contributed by atoms with van der Waals surface area (Å²) in [5.74, 6) is -0.390. The zero-order valence-electron chi connectivity index (χ0n) is 13.3. The minimum atomic E-state index is -0.610. The molecule has 2 rings (SSSR count). The topological polar surface area (TPSA) is 94.8 Å². The molecule has 0 unspecified atom stereocenters. The predicted molar refractivity (Wildman–Crippen MR) is 79.7 cm³/mol. The summed E-state index contributed by atoms with van der Waals surface area (Å²) in [6, 6.07) is 1.64. The summed E-state index contributed by atoms with van der Waals surface area (Å²) >= 11 is 0. The molecule has 0 fully saturated rings. The molecule has 1 aromatic heterocycles. The van der Waals surface area contributed by atoms with Gasteiger partial charge in [0.25, 0.3) is 5.91 Å². The summed E-state index contributed by atoms with van der Waals surface area (Å²) in [7, 11) is 1.44. The third-order valence-electron chi connectivity index (χ3n) is 3.25. The van der Waals surface area contributed by atoms with Crippen molar-refractivity contribution < 1.29 is 19.1 Å². The molecule has 0 spiro atoms. The van der Waals surface area contributed by atoms with Crippen molar-refractivity contribution in [3.63, 3.8) is 0 Å². The normalized spacial score (nSPS) is 14.3. The van der Waals surface area contributed by atoms with Gasteiger partial charge in [-0.15, -0.1) is 0 Å². The fraction of sp³-hybridized carbons (Fsp3) is 0.533. The van der Waals surface area contributed by atoms with Gasteiger partial charge < -0.3 is 20.1 Å². The van der Waals surface area contributed by atoms with Crippen LogP contribution in [0.25, 0.3) is 0 Å². The lowest BCUT2D eigenvalue weighted by molar-refractivity contribution is 0.0222. The molecule has 7 nitrogen and oxygen atoms in total. The Hall–Kier alpha value is -2.31. The molecule has 22 heavy (non-hydrogen) atoms. The largest absolute Gasteiger partial charge is 0.480 e. The first-order valence-electron chi connectivity index (χ1n) is 7.06. The van der Waals surface area contributed by atoms with E-state index in [-0.39, 0.29) is 17.5 Å². The van der Waals surface area contributed by atoms with E-state index in [2.05, 4.69) is 4.98 Å². The first-order chi connectivity index (χ1) is 10.2. The number of carbonyl (C=O) groups is 2. The highest BCUT2D eigenvalue weighted by Crippen LogP contribution is 2.25. The molecule has 0 aliphatic carbocycles. The number of nitrogens with zero attached hydrogens (tertiary/aromatic N) is 2. The fourth-order valence-electron chi connectivity index (χ4n) is 2.27. The molecule has 0 radical (unpaired) electrons. The zero-order valence-corrected chi connectivity index (χ0v) is 13.3.